The lowest BCUT2D eigenvalue weighted by Crippen LogP contribution is -2.44. The molecule has 0 fully saturated rings. The maximum atomic E-state index is 12.5. The summed E-state index contributed by atoms with van der Waals surface area (Å²) in [5.74, 6) is 0. The zero-order chi connectivity index (χ0) is 18.0. The highest BCUT2D eigenvalue weighted by Crippen LogP contribution is 2.26. The molecule has 0 spiro atoms. The maximum absolute atomic E-state index is 12.5. The van der Waals surface area contributed by atoms with Gasteiger partial charge in [0.05, 0.1) is 9.26 Å². The van der Waals surface area contributed by atoms with E-state index in [0.717, 1.165) is 4.90 Å². The number of nitrogens with zero attached hydrogens (tertiary/aromatic N) is 2. The van der Waals surface area contributed by atoms with E-state index in [1.54, 1.807) is 60.7 Å². The van der Waals surface area contributed by atoms with Crippen LogP contribution in [0, 0.1) is 10.5 Å². The van der Waals surface area contributed by atoms with Crippen molar-refractivity contribution in [3.8, 4) is 0 Å². The lowest BCUT2D eigenvalue weighted by molar-refractivity contribution is 0.0430. The van der Waals surface area contributed by atoms with Crippen LogP contribution in [0.5, 0.6) is 0 Å². The minimum atomic E-state index is -0.782. The Balaban J connectivity index is 3.28. The Kier molecular flexibility index (Phi) is 6.00. The Morgan fingerprint density at radius 1 is 1.04 bits per heavy atom. The molecule has 2 amide bonds. The van der Waals surface area contributed by atoms with E-state index in [9.17, 15) is 9.59 Å². The number of ether oxygens (including phenoxy) is 2. The predicted molar refractivity (Wildman–Crippen MR) is 96.6 cm³/mol. The van der Waals surface area contributed by atoms with Crippen LogP contribution in [-0.4, -0.2) is 28.4 Å². The molecule has 0 aliphatic rings. The molecule has 0 aliphatic heterocycles. The monoisotopic (exact) mass is 434 g/mol. The van der Waals surface area contributed by atoms with Crippen molar-refractivity contribution in [2.45, 2.75) is 59.7 Å². The fraction of sp³-hybridized carbons (Fsp3) is 0.562. The number of carbonyl (C=O) groups is 2. The van der Waals surface area contributed by atoms with E-state index in [4.69, 9.17) is 9.47 Å². The molecule has 1 heterocycles. The number of halogens is 1. The minimum Gasteiger partial charge on any atom is -0.443 e. The van der Waals surface area contributed by atoms with Crippen molar-refractivity contribution < 1.29 is 19.1 Å². The van der Waals surface area contributed by atoms with E-state index in [0.29, 0.717) is 15.0 Å². The minimum absolute atomic E-state index is 0.390. The van der Waals surface area contributed by atoms with Crippen LogP contribution in [0.3, 0.4) is 0 Å². The molecule has 0 N–H and O–H groups in total. The molecule has 1 aromatic heterocycles. The van der Waals surface area contributed by atoms with Crippen molar-refractivity contribution >= 4 is 40.5 Å². The fourth-order valence-corrected chi connectivity index (χ4v) is 2.12. The van der Waals surface area contributed by atoms with Crippen molar-refractivity contribution in [1.82, 2.24) is 4.98 Å². The average molecular weight is 434 g/mol. The quantitative estimate of drug-likeness (QED) is 0.601. The molecule has 0 aromatic carbocycles. The van der Waals surface area contributed by atoms with E-state index in [1.807, 2.05) is 22.6 Å². The number of aromatic nitrogens is 1. The summed E-state index contributed by atoms with van der Waals surface area (Å²) in [5, 5.41) is 0. The highest BCUT2D eigenvalue weighted by atomic mass is 127. The van der Waals surface area contributed by atoms with Gasteiger partial charge in [-0.3, -0.25) is 4.98 Å². The van der Waals surface area contributed by atoms with E-state index < -0.39 is 23.4 Å². The number of pyridine rings is 1. The van der Waals surface area contributed by atoms with Crippen LogP contribution in [0.15, 0.2) is 12.3 Å². The number of imide groups is 1. The van der Waals surface area contributed by atoms with Gasteiger partial charge in [-0.25, -0.2) is 9.59 Å². The summed E-state index contributed by atoms with van der Waals surface area (Å²) in [7, 11) is 0. The van der Waals surface area contributed by atoms with E-state index in [1.165, 1.54) is 0 Å². The fourth-order valence-electron chi connectivity index (χ4n) is 1.59. The average Bonchev–Trinajstić information content (AvgIpc) is 2.29. The molecule has 23 heavy (non-hydrogen) atoms. The second-order valence-corrected chi connectivity index (χ2v) is 8.24. The summed E-state index contributed by atoms with van der Waals surface area (Å²) in [6.45, 7) is 12.2. The second kappa shape index (κ2) is 7.02. The van der Waals surface area contributed by atoms with Gasteiger partial charge < -0.3 is 9.47 Å². The summed E-state index contributed by atoms with van der Waals surface area (Å²) in [6.07, 6.45) is 0.0259. The molecule has 0 saturated heterocycles. The second-order valence-electron chi connectivity index (χ2n) is 7.07. The molecule has 0 saturated carbocycles. The molecule has 0 bridgehead atoms. The molecule has 0 aliphatic carbocycles. The first-order chi connectivity index (χ1) is 10.3. The molecule has 1 rings (SSSR count). The van der Waals surface area contributed by atoms with Crippen LogP contribution in [0.2, 0.25) is 0 Å². The number of anilines is 1. The molecular formula is C16H23IN2O4. The Hall–Kier alpha value is -1.38. The Morgan fingerprint density at radius 2 is 1.48 bits per heavy atom. The molecule has 6 nitrogen and oxygen atoms in total. The first kappa shape index (κ1) is 19.7. The van der Waals surface area contributed by atoms with Crippen LogP contribution in [-0.2, 0) is 9.47 Å². The topological polar surface area (TPSA) is 68.7 Å². The van der Waals surface area contributed by atoms with Gasteiger partial charge in [-0.15, -0.1) is 0 Å². The largest absolute Gasteiger partial charge is 0.443 e. The maximum Gasteiger partial charge on any atom is 0.424 e. The van der Waals surface area contributed by atoms with Gasteiger partial charge in [-0.1, -0.05) is 0 Å². The molecule has 128 valence electrons. The van der Waals surface area contributed by atoms with Gasteiger partial charge in [0.25, 0.3) is 0 Å². The predicted octanol–water partition coefficient (Wildman–Crippen LogP) is 4.67. The molecule has 0 radical (unpaired) electrons. The standard InChI is InChI=1S/C16H23IN2O4/c1-10-8-12(11(17)9-18-10)19(13(20)22-15(2,3)4)14(21)23-16(5,6)7/h8-9H,1-7H3. The third kappa shape index (κ3) is 6.32. The van der Waals surface area contributed by atoms with Crippen LogP contribution >= 0.6 is 22.6 Å². The van der Waals surface area contributed by atoms with Crippen molar-refractivity contribution in [3.05, 3.63) is 21.5 Å². The van der Waals surface area contributed by atoms with Crippen LogP contribution in [0.4, 0.5) is 15.3 Å². The van der Waals surface area contributed by atoms with E-state index in [2.05, 4.69) is 4.98 Å². The number of hydrogen-bond donors (Lipinski definition) is 0. The van der Waals surface area contributed by atoms with E-state index in [-0.39, 0.29) is 0 Å². The number of aryl methyl sites for hydroxylation is 1. The van der Waals surface area contributed by atoms with Gasteiger partial charge in [-0.05, 0) is 77.1 Å². The molecule has 1 aromatic rings. The Labute approximate surface area is 150 Å². The first-order valence-electron chi connectivity index (χ1n) is 7.18. The Morgan fingerprint density at radius 3 is 1.87 bits per heavy atom. The molecule has 0 unspecified atom stereocenters. The zero-order valence-electron chi connectivity index (χ0n) is 14.6. The van der Waals surface area contributed by atoms with Crippen molar-refractivity contribution in [2.75, 3.05) is 4.90 Å². The number of carbonyl (C=O) groups excluding carboxylic acids is 2. The molecule has 7 heteroatoms. The summed E-state index contributed by atoms with van der Waals surface area (Å²) >= 11 is 2.01. The van der Waals surface area contributed by atoms with E-state index >= 15 is 0 Å². The summed E-state index contributed by atoms with van der Waals surface area (Å²) in [5.41, 5.74) is -0.394. The first-order valence-corrected chi connectivity index (χ1v) is 8.26. The van der Waals surface area contributed by atoms with Gasteiger partial charge in [-0.2, -0.15) is 4.90 Å². The van der Waals surface area contributed by atoms with Gasteiger partial charge in [0.15, 0.2) is 0 Å². The molecular weight excluding hydrogens is 411 g/mol. The van der Waals surface area contributed by atoms with Crippen molar-refractivity contribution in [1.29, 1.82) is 0 Å². The Bertz CT molecular complexity index is 575. The van der Waals surface area contributed by atoms with Crippen molar-refractivity contribution in [2.24, 2.45) is 0 Å². The number of amides is 2. The van der Waals surface area contributed by atoms with Crippen LogP contribution in [0.1, 0.15) is 47.2 Å². The van der Waals surface area contributed by atoms with Gasteiger partial charge in [0, 0.05) is 11.9 Å². The summed E-state index contributed by atoms with van der Waals surface area (Å²) < 4.78 is 11.3. The van der Waals surface area contributed by atoms with Gasteiger partial charge in [0.1, 0.15) is 11.2 Å². The molecule has 0 atom stereocenters. The van der Waals surface area contributed by atoms with Crippen LogP contribution < -0.4 is 4.90 Å². The SMILES string of the molecule is Cc1cc(N(C(=O)OC(C)(C)C)C(=O)OC(C)(C)C)c(I)cn1. The number of rotatable bonds is 1. The summed E-state index contributed by atoms with van der Waals surface area (Å²) in [4.78, 5) is 30.1. The van der Waals surface area contributed by atoms with Gasteiger partial charge >= 0.3 is 12.2 Å². The zero-order valence-corrected chi connectivity index (χ0v) is 16.7. The normalized spacial score (nSPS) is 11.8. The van der Waals surface area contributed by atoms with Crippen LogP contribution in [0.25, 0.3) is 0 Å². The third-order valence-corrected chi connectivity index (χ3v) is 3.20. The summed E-state index contributed by atoms with van der Waals surface area (Å²) in [6, 6.07) is 1.65. The van der Waals surface area contributed by atoms with Gasteiger partial charge in [0.2, 0.25) is 0 Å². The highest BCUT2D eigenvalue weighted by molar-refractivity contribution is 14.1. The lowest BCUT2D eigenvalue weighted by atomic mass is 10.2. The third-order valence-electron chi connectivity index (χ3n) is 2.36. The van der Waals surface area contributed by atoms with Crippen molar-refractivity contribution in [3.63, 3.8) is 0 Å². The number of hydrogen-bond acceptors (Lipinski definition) is 5. The lowest BCUT2D eigenvalue weighted by Gasteiger charge is -2.29. The smallest absolute Gasteiger partial charge is 0.424 e. The highest BCUT2D eigenvalue weighted by Gasteiger charge is 2.33.